The Hall–Kier alpha value is -1.69. The van der Waals surface area contributed by atoms with Crippen molar-refractivity contribution in [3.05, 3.63) is 18.1 Å². The number of esters is 1. The first-order chi connectivity index (χ1) is 9.85. The van der Waals surface area contributed by atoms with Crippen LogP contribution in [0.3, 0.4) is 0 Å². The third-order valence-corrected chi connectivity index (χ3v) is 2.95. The number of nitrogens with one attached hydrogen (secondary N) is 1. The van der Waals surface area contributed by atoms with Crippen molar-refractivity contribution in [1.82, 2.24) is 9.97 Å². The number of rotatable bonds is 7. The van der Waals surface area contributed by atoms with Gasteiger partial charge in [-0.05, 0) is 33.1 Å². The van der Waals surface area contributed by atoms with Crippen LogP contribution in [0.4, 0.5) is 5.82 Å². The first-order valence-electron chi connectivity index (χ1n) is 7.25. The fourth-order valence-corrected chi connectivity index (χ4v) is 1.74. The highest BCUT2D eigenvalue weighted by molar-refractivity contribution is 5.87. The molecule has 1 atom stereocenters. The SMILES string of the molecule is CC[C@H](CCO)CNc1cnc(C(=O)OC(C)(C)C)cn1. The standard InChI is InChI=1S/C15H25N3O3/c1-5-11(6-7-19)8-17-13-10-16-12(9-18-13)14(20)21-15(2,3)4/h9-11,19H,5-8H2,1-4H3,(H,17,18)/t11-/m1/s1. The van der Waals surface area contributed by atoms with E-state index in [2.05, 4.69) is 22.2 Å². The minimum Gasteiger partial charge on any atom is -0.455 e. The predicted octanol–water partition coefficient (Wildman–Crippen LogP) is 2.25. The Bertz CT molecular complexity index is 440. The van der Waals surface area contributed by atoms with Crippen molar-refractivity contribution in [2.75, 3.05) is 18.5 Å². The van der Waals surface area contributed by atoms with Crippen molar-refractivity contribution in [3.63, 3.8) is 0 Å². The summed E-state index contributed by atoms with van der Waals surface area (Å²) in [5.74, 6) is 0.522. The van der Waals surface area contributed by atoms with Gasteiger partial charge < -0.3 is 15.2 Å². The molecule has 0 aliphatic rings. The van der Waals surface area contributed by atoms with E-state index in [0.29, 0.717) is 11.7 Å². The molecule has 2 N–H and O–H groups in total. The van der Waals surface area contributed by atoms with Crippen LogP contribution < -0.4 is 5.32 Å². The molecule has 0 bridgehead atoms. The lowest BCUT2D eigenvalue weighted by atomic mass is 10.0. The van der Waals surface area contributed by atoms with Crippen LogP contribution in [0.1, 0.15) is 51.0 Å². The molecule has 0 fully saturated rings. The van der Waals surface area contributed by atoms with Crippen LogP contribution in [-0.4, -0.2) is 39.8 Å². The summed E-state index contributed by atoms with van der Waals surface area (Å²) >= 11 is 0. The number of anilines is 1. The number of aliphatic hydroxyl groups excluding tert-OH is 1. The fraction of sp³-hybridized carbons (Fsp3) is 0.667. The number of aliphatic hydroxyl groups is 1. The monoisotopic (exact) mass is 295 g/mol. The summed E-state index contributed by atoms with van der Waals surface area (Å²) in [7, 11) is 0. The molecule has 0 spiro atoms. The summed E-state index contributed by atoms with van der Waals surface area (Å²) in [6.45, 7) is 8.40. The van der Waals surface area contributed by atoms with Gasteiger partial charge in [-0.3, -0.25) is 0 Å². The number of nitrogens with zero attached hydrogens (tertiary/aromatic N) is 2. The summed E-state index contributed by atoms with van der Waals surface area (Å²) in [5.41, 5.74) is -0.355. The molecule has 21 heavy (non-hydrogen) atoms. The van der Waals surface area contributed by atoms with Crippen molar-refractivity contribution in [2.45, 2.75) is 46.1 Å². The third kappa shape index (κ3) is 6.53. The smallest absolute Gasteiger partial charge is 0.359 e. The van der Waals surface area contributed by atoms with E-state index in [9.17, 15) is 4.79 Å². The van der Waals surface area contributed by atoms with Crippen LogP contribution in [0.5, 0.6) is 0 Å². The van der Waals surface area contributed by atoms with Gasteiger partial charge in [-0.15, -0.1) is 0 Å². The predicted molar refractivity (Wildman–Crippen MR) is 81.2 cm³/mol. The van der Waals surface area contributed by atoms with Gasteiger partial charge in [0.1, 0.15) is 11.4 Å². The molecular weight excluding hydrogens is 270 g/mol. The van der Waals surface area contributed by atoms with Crippen LogP contribution in [-0.2, 0) is 4.74 Å². The first kappa shape index (κ1) is 17.4. The average molecular weight is 295 g/mol. The molecule has 0 unspecified atom stereocenters. The van der Waals surface area contributed by atoms with Crippen LogP contribution >= 0.6 is 0 Å². The zero-order valence-electron chi connectivity index (χ0n) is 13.2. The molecule has 1 aromatic heterocycles. The van der Waals surface area contributed by atoms with E-state index in [0.717, 1.165) is 19.4 Å². The Labute approximate surface area is 126 Å². The zero-order chi connectivity index (χ0) is 15.9. The third-order valence-electron chi connectivity index (χ3n) is 2.95. The molecular formula is C15H25N3O3. The van der Waals surface area contributed by atoms with Gasteiger partial charge >= 0.3 is 5.97 Å². The van der Waals surface area contributed by atoms with E-state index in [4.69, 9.17) is 9.84 Å². The molecule has 0 saturated heterocycles. The van der Waals surface area contributed by atoms with Gasteiger partial charge in [-0.25, -0.2) is 14.8 Å². The minimum absolute atomic E-state index is 0.184. The van der Waals surface area contributed by atoms with E-state index in [1.807, 2.05) is 0 Å². The molecule has 1 rings (SSSR count). The molecule has 0 aromatic carbocycles. The molecule has 0 saturated carbocycles. The molecule has 6 nitrogen and oxygen atoms in total. The molecule has 0 aliphatic heterocycles. The van der Waals surface area contributed by atoms with Gasteiger partial charge in [0, 0.05) is 13.2 Å². The normalized spacial score (nSPS) is 12.8. The number of carbonyl (C=O) groups is 1. The second-order valence-electron chi connectivity index (χ2n) is 5.96. The second kappa shape index (κ2) is 7.93. The zero-order valence-corrected chi connectivity index (χ0v) is 13.2. The van der Waals surface area contributed by atoms with E-state index in [-0.39, 0.29) is 12.3 Å². The summed E-state index contributed by atoms with van der Waals surface area (Å²) in [6, 6.07) is 0. The van der Waals surface area contributed by atoms with Crippen molar-refractivity contribution >= 4 is 11.8 Å². The van der Waals surface area contributed by atoms with Gasteiger partial charge in [0.15, 0.2) is 5.69 Å². The topological polar surface area (TPSA) is 84.3 Å². The number of aromatic nitrogens is 2. The number of hydrogen-bond acceptors (Lipinski definition) is 6. The van der Waals surface area contributed by atoms with Gasteiger partial charge in [-0.1, -0.05) is 13.3 Å². The van der Waals surface area contributed by atoms with Crippen molar-refractivity contribution in [3.8, 4) is 0 Å². The van der Waals surface area contributed by atoms with Crippen LogP contribution in [0, 0.1) is 5.92 Å². The van der Waals surface area contributed by atoms with Crippen LogP contribution in [0.15, 0.2) is 12.4 Å². The highest BCUT2D eigenvalue weighted by Gasteiger charge is 2.19. The van der Waals surface area contributed by atoms with Gasteiger partial charge in [0.2, 0.25) is 0 Å². The second-order valence-corrected chi connectivity index (χ2v) is 5.96. The maximum atomic E-state index is 11.8. The fourth-order valence-electron chi connectivity index (χ4n) is 1.74. The molecule has 1 aromatic rings. The summed E-state index contributed by atoms with van der Waals surface area (Å²) < 4.78 is 5.22. The summed E-state index contributed by atoms with van der Waals surface area (Å²) in [4.78, 5) is 20.0. The van der Waals surface area contributed by atoms with E-state index in [1.165, 1.54) is 12.4 Å². The molecule has 0 aliphatic carbocycles. The molecule has 1 heterocycles. The maximum absolute atomic E-state index is 11.8. The van der Waals surface area contributed by atoms with Crippen LogP contribution in [0.25, 0.3) is 0 Å². The lowest BCUT2D eigenvalue weighted by molar-refractivity contribution is 0.00624. The van der Waals surface area contributed by atoms with Gasteiger partial charge in [-0.2, -0.15) is 0 Å². The van der Waals surface area contributed by atoms with Gasteiger partial charge in [0.05, 0.1) is 12.4 Å². The maximum Gasteiger partial charge on any atom is 0.359 e. The largest absolute Gasteiger partial charge is 0.455 e. The highest BCUT2D eigenvalue weighted by atomic mass is 16.6. The highest BCUT2D eigenvalue weighted by Crippen LogP contribution is 2.12. The average Bonchev–Trinajstić information content (AvgIpc) is 2.42. The summed E-state index contributed by atoms with van der Waals surface area (Å²) in [6.07, 6.45) is 4.66. The lowest BCUT2D eigenvalue weighted by Gasteiger charge is -2.19. The summed E-state index contributed by atoms with van der Waals surface area (Å²) in [5, 5.41) is 12.1. The Kier molecular flexibility index (Phi) is 6.55. The number of ether oxygens (including phenoxy) is 1. The molecule has 0 radical (unpaired) electrons. The van der Waals surface area contributed by atoms with E-state index >= 15 is 0 Å². The molecule has 0 amide bonds. The Morgan fingerprint density at radius 1 is 1.38 bits per heavy atom. The van der Waals surface area contributed by atoms with Crippen LogP contribution in [0.2, 0.25) is 0 Å². The molecule has 6 heteroatoms. The van der Waals surface area contributed by atoms with E-state index < -0.39 is 11.6 Å². The van der Waals surface area contributed by atoms with E-state index in [1.54, 1.807) is 20.8 Å². The first-order valence-corrected chi connectivity index (χ1v) is 7.25. The van der Waals surface area contributed by atoms with Crippen molar-refractivity contribution in [2.24, 2.45) is 5.92 Å². The quantitative estimate of drug-likeness (QED) is 0.751. The number of carbonyl (C=O) groups excluding carboxylic acids is 1. The van der Waals surface area contributed by atoms with Gasteiger partial charge in [0.25, 0.3) is 0 Å². The Morgan fingerprint density at radius 3 is 2.57 bits per heavy atom. The Morgan fingerprint density at radius 2 is 2.10 bits per heavy atom. The number of hydrogen-bond donors (Lipinski definition) is 2. The minimum atomic E-state index is -0.547. The van der Waals surface area contributed by atoms with Crippen molar-refractivity contribution < 1.29 is 14.6 Å². The molecule has 118 valence electrons. The lowest BCUT2D eigenvalue weighted by Crippen LogP contribution is -2.24. The Balaban J connectivity index is 2.56. The van der Waals surface area contributed by atoms with Crippen molar-refractivity contribution in [1.29, 1.82) is 0 Å².